The highest BCUT2D eigenvalue weighted by atomic mass is 16.4. The second-order valence-electron chi connectivity index (χ2n) is 5.86. The molecule has 1 aliphatic rings. The highest BCUT2D eigenvalue weighted by molar-refractivity contribution is 5.82. The molecule has 17 heavy (non-hydrogen) atoms. The predicted octanol–water partition coefficient (Wildman–Crippen LogP) is 2.04. The van der Waals surface area contributed by atoms with Crippen molar-refractivity contribution in [3.63, 3.8) is 0 Å². The number of carbonyl (C=O) groups excluding carboxylic acids is 1. The molecule has 4 heteroatoms. The highest BCUT2D eigenvalue weighted by Gasteiger charge is 2.50. The number of carbonyl (C=O) groups is 2. The summed E-state index contributed by atoms with van der Waals surface area (Å²) < 4.78 is 0. The zero-order chi connectivity index (χ0) is 13.1. The summed E-state index contributed by atoms with van der Waals surface area (Å²) in [5.74, 6) is -0.0727. The van der Waals surface area contributed by atoms with Crippen LogP contribution in [0.5, 0.6) is 0 Å². The predicted molar refractivity (Wildman–Crippen MR) is 65.5 cm³/mol. The van der Waals surface area contributed by atoms with Gasteiger partial charge in [0.05, 0.1) is 0 Å². The van der Waals surface area contributed by atoms with E-state index in [0.29, 0.717) is 18.9 Å². The average molecular weight is 241 g/mol. The third-order valence-electron chi connectivity index (χ3n) is 3.62. The van der Waals surface area contributed by atoms with E-state index < -0.39 is 5.97 Å². The standard InChI is InChI=1S/C13H23NO3/c1-9(4-5-11(15)16)6-7-14-12(17)10-8-13(10,2)3/h9-10H,4-8H2,1-3H3,(H,14,17)(H,15,16). The van der Waals surface area contributed by atoms with Gasteiger partial charge in [-0.1, -0.05) is 20.8 Å². The Morgan fingerprint density at radius 2 is 2.00 bits per heavy atom. The van der Waals surface area contributed by atoms with Crippen LogP contribution >= 0.6 is 0 Å². The maximum Gasteiger partial charge on any atom is 0.303 e. The van der Waals surface area contributed by atoms with E-state index in [2.05, 4.69) is 19.2 Å². The quantitative estimate of drug-likeness (QED) is 0.716. The minimum atomic E-state index is -0.749. The molecular weight excluding hydrogens is 218 g/mol. The topological polar surface area (TPSA) is 66.4 Å². The minimum Gasteiger partial charge on any atom is -0.481 e. The van der Waals surface area contributed by atoms with E-state index in [1.54, 1.807) is 0 Å². The molecule has 0 aliphatic heterocycles. The van der Waals surface area contributed by atoms with E-state index in [4.69, 9.17) is 5.11 Å². The first-order valence-corrected chi connectivity index (χ1v) is 6.32. The summed E-state index contributed by atoms with van der Waals surface area (Å²) in [4.78, 5) is 22.0. The third kappa shape index (κ3) is 4.75. The molecule has 0 spiro atoms. The van der Waals surface area contributed by atoms with Crippen LogP contribution < -0.4 is 5.32 Å². The first-order chi connectivity index (χ1) is 7.83. The summed E-state index contributed by atoms with van der Waals surface area (Å²) >= 11 is 0. The lowest BCUT2D eigenvalue weighted by molar-refractivity contribution is -0.137. The summed E-state index contributed by atoms with van der Waals surface area (Å²) in [6.07, 6.45) is 2.73. The summed E-state index contributed by atoms with van der Waals surface area (Å²) in [5, 5.41) is 11.5. The van der Waals surface area contributed by atoms with Crippen LogP contribution in [0.25, 0.3) is 0 Å². The Morgan fingerprint density at radius 1 is 1.41 bits per heavy atom. The van der Waals surface area contributed by atoms with E-state index in [1.807, 2.05) is 6.92 Å². The van der Waals surface area contributed by atoms with Gasteiger partial charge in [0.25, 0.3) is 0 Å². The molecule has 0 saturated heterocycles. The van der Waals surface area contributed by atoms with Crippen LogP contribution in [0.15, 0.2) is 0 Å². The molecule has 2 atom stereocenters. The van der Waals surface area contributed by atoms with Crippen LogP contribution in [0.2, 0.25) is 0 Å². The lowest BCUT2D eigenvalue weighted by Crippen LogP contribution is -2.28. The molecule has 0 aromatic heterocycles. The number of nitrogens with one attached hydrogen (secondary N) is 1. The summed E-state index contributed by atoms with van der Waals surface area (Å²) in [6, 6.07) is 0. The second kappa shape index (κ2) is 5.52. The largest absolute Gasteiger partial charge is 0.481 e. The van der Waals surface area contributed by atoms with Gasteiger partial charge in [-0.3, -0.25) is 9.59 Å². The number of aliphatic carboxylic acids is 1. The molecule has 0 bridgehead atoms. The van der Waals surface area contributed by atoms with Gasteiger partial charge in [0.2, 0.25) is 5.91 Å². The van der Waals surface area contributed by atoms with Gasteiger partial charge >= 0.3 is 5.97 Å². The Bertz CT molecular complexity index is 299. The molecule has 1 fully saturated rings. The van der Waals surface area contributed by atoms with Gasteiger partial charge in [-0.25, -0.2) is 0 Å². The Labute approximate surface area is 103 Å². The third-order valence-corrected chi connectivity index (χ3v) is 3.62. The molecule has 2 unspecified atom stereocenters. The number of rotatable bonds is 7. The molecule has 0 aromatic carbocycles. The Morgan fingerprint density at radius 3 is 2.47 bits per heavy atom. The van der Waals surface area contributed by atoms with Crippen molar-refractivity contribution >= 4 is 11.9 Å². The average Bonchev–Trinajstić information content (AvgIpc) is 2.85. The Kier molecular flexibility index (Phi) is 4.54. The van der Waals surface area contributed by atoms with Crippen LogP contribution in [0.3, 0.4) is 0 Å². The molecule has 2 N–H and O–H groups in total. The zero-order valence-corrected chi connectivity index (χ0v) is 11.0. The SMILES string of the molecule is CC(CCNC(=O)C1CC1(C)C)CCC(=O)O. The van der Waals surface area contributed by atoms with Crippen molar-refractivity contribution in [1.29, 1.82) is 0 Å². The van der Waals surface area contributed by atoms with Crippen molar-refractivity contribution in [1.82, 2.24) is 5.32 Å². The number of carboxylic acid groups (broad SMARTS) is 1. The van der Waals surface area contributed by atoms with Crippen LogP contribution in [0.1, 0.15) is 46.5 Å². The van der Waals surface area contributed by atoms with E-state index in [9.17, 15) is 9.59 Å². The van der Waals surface area contributed by atoms with Gasteiger partial charge in [-0.2, -0.15) is 0 Å². The normalized spacial score (nSPS) is 22.9. The maximum atomic E-state index is 11.7. The van der Waals surface area contributed by atoms with Gasteiger partial charge in [0.1, 0.15) is 0 Å². The summed E-state index contributed by atoms with van der Waals surface area (Å²) in [6.45, 7) is 6.89. The lowest BCUT2D eigenvalue weighted by atomic mass is 10.0. The van der Waals surface area contributed by atoms with Gasteiger partial charge in [0.15, 0.2) is 0 Å². The fraction of sp³-hybridized carbons (Fsp3) is 0.846. The molecule has 4 nitrogen and oxygen atoms in total. The minimum absolute atomic E-state index is 0.153. The van der Waals surface area contributed by atoms with Crippen molar-refractivity contribution < 1.29 is 14.7 Å². The Hall–Kier alpha value is -1.06. The molecule has 0 aromatic rings. The molecular formula is C13H23NO3. The van der Waals surface area contributed by atoms with E-state index >= 15 is 0 Å². The first kappa shape index (κ1) is 14.0. The molecule has 98 valence electrons. The maximum absolute atomic E-state index is 11.7. The van der Waals surface area contributed by atoms with Crippen molar-refractivity contribution in [2.45, 2.75) is 46.5 Å². The fourth-order valence-corrected chi connectivity index (χ4v) is 1.99. The van der Waals surface area contributed by atoms with Crippen molar-refractivity contribution in [2.75, 3.05) is 6.54 Å². The van der Waals surface area contributed by atoms with E-state index in [-0.39, 0.29) is 23.7 Å². The molecule has 0 heterocycles. The van der Waals surface area contributed by atoms with Crippen molar-refractivity contribution in [3.8, 4) is 0 Å². The summed E-state index contributed by atoms with van der Waals surface area (Å²) in [7, 11) is 0. The number of amides is 1. The van der Waals surface area contributed by atoms with Gasteiger partial charge in [0, 0.05) is 18.9 Å². The number of hydrogen-bond acceptors (Lipinski definition) is 2. The van der Waals surface area contributed by atoms with E-state index in [1.165, 1.54) is 0 Å². The number of hydrogen-bond donors (Lipinski definition) is 2. The fourth-order valence-electron chi connectivity index (χ4n) is 1.99. The second-order valence-corrected chi connectivity index (χ2v) is 5.86. The number of carboxylic acids is 1. The smallest absolute Gasteiger partial charge is 0.303 e. The van der Waals surface area contributed by atoms with Gasteiger partial charge in [-0.15, -0.1) is 0 Å². The monoisotopic (exact) mass is 241 g/mol. The molecule has 1 amide bonds. The van der Waals surface area contributed by atoms with Crippen LogP contribution in [0, 0.1) is 17.3 Å². The molecule has 1 rings (SSSR count). The molecule has 1 saturated carbocycles. The zero-order valence-electron chi connectivity index (χ0n) is 11.0. The summed E-state index contributed by atoms with van der Waals surface area (Å²) in [5.41, 5.74) is 0.180. The lowest BCUT2D eigenvalue weighted by Gasteiger charge is -2.11. The highest BCUT2D eigenvalue weighted by Crippen LogP contribution is 2.51. The van der Waals surface area contributed by atoms with Crippen LogP contribution in [-0.2, 0) is 9.59 Å². The first-order valence-electron chi connectivity index (χ1n) is 6.32. The van der Waals surface area contributed by atoms with E-state index in [0.717, 1.165) is 12.8 Å². The van der Waals surface area contributed by atoms with Crippen molar-refractivity contribution in [3.05, 3.63) is 0 Å². The van der Waals surface area contributed by atoms with Gasteiger partial charge in [-0.05, 0) is 30.6 Å². The van der Waals surface area contributed by atoms with Crippen LogP contribution in [0.4, 0.5) is 0 Å². The van der Waals surface area contributed by atoms with Crippen molar-refractivity contribution in [2.24, 2.45) is 17.3 Å². The van der Waals surface area contributed by atoms with Gasteiger partial charge < -0.3 is 10.4 Å². The molecule has 0 radical (unpaired) electrons. The van der Waals surface area contributed by atoms with Crippen LogP contribution in [-0.4, -0.2) is 23.5 Å². The Balaban J connectivity index is 2.07. The molecule has 1 aliphatic carbocycles.